The van der Waals surface area contributed by atoms with Gasteiger partial charge in [0.25, 0.3) is 11.8 Å². The van der Waals surface area contributed by atoms with Gasteiger partial charge in [0.1, 0.15) is 11.3 Å². The Morgan fingerprint density at radius 1 is 1.25 bits per heavy atom. The Hall–Kier alpha value is -3.22. The highest BCUT2D eigenvalue weighted by Crippen LogP contribution is 2.31. The number of hydrogen-bond donors (Lipinski definition) is 3. The van der Waals surface area contributed by atoms with Crippen molar-refractivity contribution >= 4 is 22.8 Å². The molecule has 3 aromatic rings. The normalized spacial score (nSPS) is 19.2. The molecule has 2 amide bonds. The number of rotatable bonds is 5. The van der Waals surface area contributed by atoms with Crippen LogP contribution in [-0.2, 0) is 0 Å². The third-order valence-electron chi connectivity index (χ3n) is 5.40. The number of nitrogens with one attached hydrogen (secondary N) is 3. The molecule has 7 nitrogen and oxygen atoms in total. The van der Waals surface area contributed by atoms with E-state index in [0.717, 1.165) is 23.0 Å². The summed E-state index contributed by atoms with van der Waals surface area (Å²) < 4.78 is 0. The number of pyridine rings is 2. The molecule has 0 aliphatic heterocycles. The number of nitrogens with zero attached hydrogens (tertiary/aromatic N) is 2. The maximum Gasteiger partial charge on any atom is 0.269 e. The average molecular weight is 377 g/mol. The Labute approximate surface area is 163 Å². The monoisotopic (exact) mass is 377 g/mol. The van der Waals surface area contributed by atoms with Crippen molar-refractivity contribution in [2.45, 2.75) is 32.2 Å². The van der Waals surface area contributed by atoms with E-state index in [0.29, 0.717) is 17.2 Å². The first-order valence-corrected chi connectivity index (χ1v) is 9.45. The fraction of sp³-hybridized carbons (Fsp3) is 0.333. The number of carbonyl (C=O) groups excluding carboxylic acids is 2. The van der Waals surface area contributed by atoms with E-state index in [1.165, 1.54) is 0 Å². The third-order valence-corrected chi connectivity index (χ3v) is 5.40. The van der Waals surface area contributed by atoms with Crippen LogP contribution >= 0.6 is 0 Å². The van der Waals surface area contributed by atoms with E-state index in [2.05, 4.69) is 32.5 Å². The third kappa shape index (κ3) is 3.35. The van der Waals surface area contributed by atoms with Crippen molar-refractivity contribution in [1.29, 1.82) is 0 Å². The van der Waals surface area contributed by atoms with Gasteiger partial charge in [0.05, 0.1) is 0 Å². The lowest BCUT2D eigenvalue weighted by molar-refractivity contribution is 0.0949. The van der Waals surface area contributed by atoms with Crippen LogP contribution in [0.2, 0.25) is 0 Å². The maximum atomic E-state index is 12.7. The fourth-order valence-corrected chi connectivity index (χ4v) is 3.44. The van der Waals surface area contributed by atoms with Crippen LogP contribution < -0.4 is 10.6 Å². The molecule has 1 saturated carbocycles. The summed E-state index contributed by atoms with van der Waals surface area (Å²) in [6.07, 6.45) is 4.58. The summed E-state index contributed by atoms with van der Waals surface area (Å²) in [6.45, 7) is 4.12. The van der Waals surface area contributed by atoms with E-state index < -0.39 is 0 Å². The highest BCUT2D eigenvalue weighted by Gasteiger charge is 2.34. The summed E-state index contributed by atoms with van der Waals surface area (Å²) in [5, 5.41) is 6.61. The summed E-state index contributed by atoms with van der Waals surface area (Å²) in [4.78, 5) is 36.9. The van der Waals surface area contributed by atoms with Crippen LogP contribution in [0.5, 0.6) is 0 Å². The molecule has 144 valence electrons. The van der Waals surface area contributed by atoms with E-state index in [-0.39, 0.29) is 29.5 Å². The van der Waals surface area contributed by atoms with Crippen molar-refractivity contribution in [1.82, 2.24) is 25.6 Å². The molecule has 7 heteroatoms. The molecule has 3 N–H and O–H groups in total. The molecule has 4 rings (SSSR count). The molecular weight excluding hydrogens is 354 g/mol. The van der Waals surface area contributed by atoms with Crippen LogP contribution in [0.1, 0.15) is 58.3 Å². The Balaban J connectivity index is 1.74. The largest absolute Gasteiger partial charge is 0.354 e. The van der Waals surface area contributed by atoms with Crippen molar-refractivity contribution in [2.24, 2.45) is 5.92 Å². The summed E-state index contributed by atoms with van der Waals surface area (Å²) in [5.41, 5.74) is 3.19. The lowest BCUT2D eigenvalue weighted by Gasteiger charge is -2.15. The molecule has 0 spiro atoms. The molecule has 28 heavy (non-hydrogen) atoms. The van der Waals surface area contributed by atoms with Gasteiger partial charge in [0.15, 0.2) is 0 Å². The number of amides is 2. The predicted octanol–water partition coefficient (Wildman–Crippen LogP) is 2.61. The summed E-state index contributed by atoms with van der Waals surface area (Å²) in [5.74, 6) is -0.0973. The minimum atomic E-state index is -0.315. The van der Waals surface area contributed by atoms with Crippen LogP contribution in [0.15, 0.2) is 36.7 Å². The highest BCUT2D eigenvalue weighted by atomic mass is 16.2. The molecular formula is C21H23N5O2. The molecule has 3 aromatic heterocycles. The molecule has 3 heterocycles. The van der Waals surface area contributed by atoms with E-state index in [4.69, 9.17) is 0 Å². The zero-order chi connectivity index (χ0) is 19.8. The first-order valence-electron chi connectivity index (χ1n) is 9.45. The molecule has 1 fully saturated rings. The maximum absolute atomic E-state index is 12.7. The molecule has 0 unspecified atom stereocenters. The van der Waals surface area contributed by atoms with Gasteiger partial charge in [-0.15, -0.1) is 0 Å². The van der Waals surface area contributed by atoms with Gasteiger partial charge < -0.3 is 15.6 Å². The van der Waals surface area contributed by atoms with Gasteiger partial charge in [-0.05, 0) is 42.2 Å². The van der Waals surface area contributed by atoms with Crippen molar-refractivity contribution in [3.63, 3.8) is 0 Å². The average Bonchev–Trinajstić information content (AvgIpc) is 3.19. The van der Waals surface area contributed by atoms with Crippen LogP contribution in [-0.4, -0.2) is 39.9 Å². The van der Waals surface area contributed by atoms with Gasteiger partial charge in [-0.1, -0.05) is 13.8 Å². The lowest BCUT2D eigenvalue weighted by Crippen LogP contribution is -2.28. The minimum Gasteiger partial charge on any atom is -0.354 e. The van der Waals surface area contributed by atoms with Gasteiger partial charge in [-0.25, -0.2) is 9.97 Å². The Kier molecular flexibility index (Phi) is 4.58. The van der Waals surface area contributed by atoms with Crippen molar-refractivity contribution < 1.29 is 9.59 Å². The first kappa shape index (κ1) is 18.2. The van der Waals surface area contributed by atoms with E-state index in [1.54, 1.807) is 25.4 Å². The Morgan fingerprint density at radius 3 is 2.75 bits per heavy atom. The molecule has 0 aromatic carbocycles. The van der Waals surface area contributed by atoms with Crippen LogP contribution in [0.3, 0.4) is 0 Å². The number of aromatic nitrogens is 3. The van der Waals surface area contributed by atoms with Crippen LogP contribution in [0, 0.1) is 5.92 Å². The molecule has 1 aliphatic rings. The number of aromatic amines is 1. The van der Waals surface area contributed by atoms with E-state index >= 15 is 0 Å². The molecule has 1 aliphatic carbocycles. The second kappa shape index (κ2) is 7.07. The van der Waals surface area contributed by atoms with Crippen molar-refractivity contribution in [2.75, 3.05) is 7.05 Å². The first-order chi connectivity index (χ1) is 13.5. The zero-order valence-electron chi connectivity index (χ0n) is 16.1. The topological polar surface area (TPSA) is 99.8 Å². The highest BCUT2D eigenvalue weighted by molar-refractivity contribution is 5.99. The predicted molar refractivity (Wildman–Crippen MR) is 106 cm³/mol. The molecule has 0 saturated heterocycles. The van der Waals surface area contributed by atoms with Gasteiger partial charge in [0.2, 0.25) is 0 Å². The Bertz CT molecular complexity index is 1060. The number of H-pyrrole nitrogens is 1. The minimum absolute atomic E-state index is 0.114. The standard InChI is InChI=1S/C21H23N5O2/c1-11-8-16(11)26-20(27)13-9-17(25-18(10-13)21(28)22-3)12(2)14-4-6-23-19-15(14)5-7-24-19/h4-7,9-12,16H,8H2,1-3H3,(H,22,28)(H,23,24)(H,26,27)/t11-,12+,16-/m0/s1. The second-order valence-corrected chi connectivity index (χ2v) is 7.40. The SMILES string of the molecule is CNC(=O)c1cc(C(=O)N[C@H]2C[C@@H]2C)cc([C@H](C)c2ccnc3[nH]ccc23)n1. The van der Waals surface area contributed by atoms with Crippen molar-refractivity contribution in [3.05, 3.63) is 59.2 Å². The van der Waals surface area contributed by atoms with Gasteiger partial charge in [-0.3, -0.25) is 9.59 Å². The fourth-order valence-electron chi connectivity index (χ4n) is 3.44. The van der Waals surface area contributed by atoms with E-state index in [9.17, 15) is 9.59 Å². The number of hydrogen-bond acceptors (Lipinski definition) is 4. The zero-order valence-corrected chi connectivity index (χ0v) is 16.1. The lowest BCUT2D eigenvalue weighted by atomic mass is 9.94. The van der Waals surface area contributed by atoms with Gasteiger partial charge >= 0.3 is 0 Å². The van der Waals surface area contributed by atoms with Crippen molar-refractivity contribution in [3.8, 4) is 0 Å². The molecule has 0 bridgehead atoms. The summed E-state index contributed by atoms with van der Waals surface area (Å²) in [7, 11) is 1.55. The van der Waals surface area contributed by atoms with Crippen LogP contribution in [0.25, 0.3) is 11.0 Å². The van der Waals surface area contributed by atoms with Crippen LogP contribution in [0.4, 0.5) is 0 Å². The van der Waals surface area contributed by atoms with Gasteiger partial charge in [0, 0.05) is 48.0 Å². The Morgan fingerprint density at radius 2 is 2.04 bits per heavy atom. The summed E-state index contributed by atoms with van der Waals surface area (Å²) in [6, 6.07) is 7.46. The van der Waals surface area contributed by atoms with E-state index in [1.807, 2.05) is 25.3 Å². The molecule has 0 radical (unpaired) electrons. The quantitative estimate of drug-likeness (QED) is 0.636. The summed E-state index contributed by atoms with van der Waals surface area (Å²) >= 11 is 0. The van der Waals surface area contributed by atoms with Gasteiger partial charge in [-0.2, -0.15) is 0 Å². The second-order valence-electron chi connectivity index (χ2n) is 7.40. The number of carbonyl (C=O) groups is 2. The smallest absolute Gasteiger partial charge is 0.269 e. The molecule has 3 atom stereocenters. The number of fused-ring (bicyclic) bond motifs is 1.